The fourth-order valence-corrected chi connectivity index (χ4v) is 7.78. The molecular formula is C48H60N16O18. The number of amides is 2. The maximum absolute atomic E-state index is 12.7. The summed E-state index contributed by atoms with van der Waals surface area (Å²) in [5, 5.41) is 68.9. The normalized spacial score (nSPS) is 15.6. The molecule has 4 heterocycles. The number of nitrogens with one attached hydrogen (secondary N) is 10. The van der Waals surface area contributed by atoms with Crippen LogP contribution in [0.15, 0.2) is 58.1 Å². The highest BCUT2D eigenvalue weighted by Gasteiger charge is 2.36. The largest absolute Gasteiger partial charge is 0.481 e. The van der Waals surface area contributed by atoms with E-state index in [0.29, 0.717) is 49.2 Å². The molecule has 2 amide bonds. The average molecular weight is 1150 g/mol. The van der Waals surface area contributed by atoms with Crippen molar-refractivity contribution in [2.75, 3.05) is 69.5 Å². The second-order valence-corrected chi connectivity index (χ2v) is 18.4. The molecule has 0 saturated carbocycles. The number of aromatic amines is 2. The first-order valence-corrected chi connectivity index (χ1v) is 24.8. The van der Waals surface area contributed by atoms with Crippen LogP contribution in [-0.2, 0) is 43.1 Å². The molecule has 7 atom stereocenters. The minimum absolute atomic E-state index is 0.00403. The van der Waals surface area contributed by atoms with Crippen molar-refractivity contribution < 1.29 is 78.2 Å². The van der Waals surface area contributed by atoms with E-state index in [4.69, 9.17) is 33.1 Å². The first-order valence-electron chi connectivity index (χ1n) is 24.8. The van der Waals surface area contributed by atoms with Crippen LogP contribution < -0.4 is 76.6 Å². The molecule has 0 radical (unpaired) electrons. The lowest BCUT2D eigenvalue weighted by Gasteiger charge is -2.27. The summed E-state index contributed by atoms with van der Waals surface area (Å²) in [5.74, 6) is -12.9. The van der Waals surface area contributed by atoms with E-state index in [0.717, 1.165) is 0 Å². The van der Waals surface area contributed by atoms with Gasteiger partial charge in [-0.15, -0.1) is 0 Å². The van der Waals surface area contributed by atoms with Crippen molar-refractivity contribution in [1.82, 2.24) is 30.6 Å². The Balaban J connectivity index is 0.000000301. The number of carboxylic acid groups (broad SMARTS) is 5. The summed E-state index contributed by atoms with van der Waals surface area (Å²) in [7, 11) is 0. The molecule has 34 nitrogen and oxygen atoms in total. The molecule has 4 aromatic rings. The molecule has 2 aromatic heterocycles. The number of carbonyl (C=O) groups is 10. The number of Topliss-reactive ketones (excluding diaryl/α,β-unsaturated/α-hetero) is 1. The summed E-state index contributed by atoms with van der Waals surface area (Å²) < 4.78 is 4.53. The van der Waals surface area contributed by atoms with Gasteiger partial charge in [-0.05, 0) is 74.2 Å². The number of H-pyrrole nitrogens is 2. The van der Waals surface area contributed by atoms with Gasteiger partial charge in [0.15, 0.2) is 17.4 Å². The second kappa shape index (κ2) is 29.0. The Bertz CT molecular complexity index is 3150. The van der Waals surface area contributed by atoms with Gasteiger partial charge in [-0.2, -0.15) is 9.97 Å². The highest BCUT2D eigenvalue weighted by atomic mass is 16.6. The Morgan fingerprint density at radius 3 is 1.43 bits per heavy atom. The molecule has 2 aliphatic heterocycles. The zero-order valence-corrected chi connectivity index (χ0v) is 43.2. The third-order valence-electron chi connectivity index (χ3n) is 12.2. The van der Waals surface area contributed by atoms with Crippen molar-refractivity contribution in [3.8, 4) is 0 Å². The number of nitrogens with two attached hydrogens (primary N) is 4. The summed E-state index contributed by atoms with van der Waals surface area (Å²) in [6.07, 6.45) is -3.09. The van der Waals surface area contributed by atoms with E-state index in [1.165, 1.54) is 24.3 Å². The number of rotatable bonds is 27. The van der Waals surface area contributed by atoms with Gasteiger partial charge in [0.25, 0.3) is 22.9 Å². The average Bonchev–Trinajstić information content (AvgIpc) is 3.61. The fourth-order valence-electron chi connectivity index (χ4n) is 7.78. The lowest BCUT2D eigenvalue weighted by molar-refractivity contribution is -0.161. The number of aliphatic carboxylic acids is 5. The Labute approximate surface area is 461 Å². The third kappa shape index (κ3) is 18.6. The number of fused-ring (bicyclic) bond motifs is 2. The van der Waals surface area contributed by atoms with E-state index in [1.807, 2.05) is 0 Å². The molecule has 0 aliphatic carbocycles. The first kappa shape index (κ1) is 62.5. The van der Waals surface area contributed by atoms with Crippen molar-refractivity contribution in [3.63, 3.8) is 0 Å². The summed E-state index contributed by atoms with van der Waals surface area (Å²) in [6, 6.07) is 5.82. The van der Waals surface area contributed by atoms with Crippen molar-refractivity contribution in [2.45, 2.75) is 81.2 Å². The van der Waals surface area contributed by atoms with Gasteiger partial charge in [-0.1, -0.05) is 0 Å². The molecule has 34 heteroatoms. The summed E-state index contributed by atoms with van der Waals surface area (Å²) in [4.78, 5) is 155. The summed E-state index contributed by atoms with van der Waals surface area (Å²) in [6.45, 7) is 1.69. The number of carbonyl (C=O) groups excluding carboxylic acids is 5. The van der Waals surface area contributed by atoms with Crippen LogP contribution >= 0.6 is 0 Å². The minimum atomic E-state index is -1.87. The van der Waals surface area contributed by atoms with E-state index < -0.39 is 126 Å². The number of anilines is 8. The van der Waals surface area contributed by atoms with Crippen LogP contribution in [0.5, 0.6) is 0 Å². The molecule has 2 aromatic carbocycles. The van der Waals surface area contributed by atoms with Gasteiger partial charge in [0.1, 0.15) is 35.4 Å². The van der Waals surface area contributed by atoms with Crippen molar-refractivity contribution in [1.29, 1.82) is 0 Å². The molecule has 440 valence electrons. The van der Waals surface area contributed by atoms with E-state index in [1.54, 1.807) is 24.3 Å². The van der Waals surface area contributed by atoms with Crippen LogP contribution in [-0.4, -0.2) is 167 Å². The van der Waals surface area contributed by atoms with E-state index in [9.17, 15) is 72.9 Å². The topological polar surface area (TPSA) is 573 Å². The predicted octanol–water partition coefficient (Wildman–Crippen LogP) is -2.40. The highest BCUT2D eigenvalue weighted by molar-refractivity contribution is 6.02. The summed E-state index contributed by atoms with van der Waals surface area (Å²) >= 11 is 0. The molecule has 0 spiro atoms. The van der Waals surface area contributed by atoms with Gasteiger partial charge < -0.3 is 95.7 Å². The Morgan fingerprint density at radius 2 is 1.01 bits per heavy atom. The van der Waals surface area contributed by atoms with Gasteiger partial charge >= 0.3 is 41.8 Å². The Hall–Kier alpha value is -10.4. The number of carboxylic acids is 5. The van der Waals surface area contributed by atoms with Gasteiger partial charge in [-0.3, -0.25) is 53.1 Å². The van der Waals surface area contributed by atoms with Crippen LogP contribution in [0.25, 0.3) is 0 Å². The Kier molecular flexibility index (Phi) is 22.1. The van der Waals surface area contributed by atoms with Crippen LogP contribution in [0.2, 0.25) is 0 Å². The van der Waals surface area contributed by atoms with Gasteiger partial charge in [0.05, 0.1) is 18.1 Å². The number of hydrogen-bond acceptors (Lipinski definition) is 25. The van der Waals surface area contributed by atoms with E-state index in [2.05, 4.69) is 67.2 Å². The first-order chi connectivity index (χ1) is 38.8. The zero-order valence-electron chi connectivity index (χ0n) is 43.2. The number of ketones is 1. The zero-order chi connectivity index (χ0) is 60.4. The lowest BCUT2D eigenvalue weighted by atomic mass is 9.90. The smallest absolute Gasteiger partial charge is 0.330 e. The second-order valence-electron chi connectivity index (χ2n) is 18.4. The number of aromatic nitrogens is 4. The van der Waals surface area contributed by atoms with Gasteiger partial charge in [0.2, 0.25) is 11.9 Å². The van der Waals surface area contributed by atoms with Crippen molar-refractivity contribution in [2.24, 2.45) is 17.4 Å². The SMILES string of the molecule is Nc1nc2c(c(=O)[nH]1)NC(CNc1ccc(C(=O)N[C@@H](CC(C(=O)O)C(=O)[C@@H](N)CCC(=O)O)C(=O)O)cc1)CN2.Nc1nc2c(c(=O)[nH]1)NC(CNc1ccc(C(=O)N[C@@H](CCC(=O)OC(=O)[C@@H](N)CCC(=O)O)C(=O)O)cc1)CN2. The quantitative estimate of drug-likeness (QED) is 0.0219. The maximum Gasteiger partial charge on any atom is 0.330 e. The molecule has 3 unspecified atom stereocenters. The summed E-state index contributed by atoms with van der Waals surface area (Å²) in [5.41, 5.74) is 23.4. The molecule has 82 heavy (non-hydrogen) atoms. The maximum atomic E-state index is 12.7. The molecule has 0 saturated heterocycles. The van der Waals surface area contributed by atoms with Crippen LogP contribution in [0.3, 0.4) is 0 Å². The van der Waals surface area contributed by atoms with Crippen LogP contribution in [0.4, 0.5) is 46.3 Å². The minimum Gasteiger partial charge on any atom is -0.481 e. The predicted molar refractivity (Wildman–Crippen MR) is 289 cm³/mol. The molecule has 6 rings (SSSR count). The van der Waals surface area contributed by atoms with E-state index >= 15 is 0 Å². The van der Waals surface area contributed by atoms with Gasteiger partial charge in [0, 0.05) is 67.9 Å². The number of benzene rings is 2. The Morgan fingerprint density at radius 1 is 0.585 bits per heavy atom. The van der Waals surface area contributed by atoms with Crippen LogP contribution in [0, 0.1) is 5.92 Å². The number of hydrogen-bond donors (Lipinski definition) is 19. The third-order valence-corrected chi connectivity index (χ3v) is 12.2. The molecule has 0 bridgehead atoms. The molecule has 0 fully saturated rings. The van der Waals surface area contributed by atoms with Crippen molar-refractivity contribution >= 4 is 106 Å². The highest BCUT2D eigenvalue weighted by Crippen LogP contribution is 2.22. The number of esters is 2. The van der Waals surface area contributed by atoms with E-state index in [-0.39, 0.29) is 65.7 Å². The number of nitrogen functional groups attached to an aromatic ring is 2. The molecule has 2 aliphatic rings. The standard InChI is InChI=1S/2C24H30N8O9/c25-14(5-7-16(33)34)23(40)41-17(35)8-6-15(22(38)39)30-20(36)11-1-3-12(4-2-11)27-9-13-10-28-19-18(29-13)21(37)32-24(26)31-19;25-14(5-6-16(33)34)18(35)13(22(38)39)7-15(23(40)41)30-20(36)10-1-3-11(4-2-10)27-8-12-9-28-19-17(29-12)21(37)32-24(26)31-19/h1-4,13-15,27,29H,5-10,25H2,(H,30,36)(H,33,34)(H,38,39)(H4,26,28,31,32,37);1-4,12-15,27,29H,5-9,25H2,(H,30,36)(H,33,34)(H,38,39)(H,40,41)(H4,26,28,31,32,37)/t13?,14-,15-;12?,13?,14-,15-/m00/s1. The molecular weight excluding hydrogens is 1090 g/mol. The van der Waals surface area contributed by atoms with Crippen molar-refractivity contribution in [3.05, 3.63) is 80.4 Å². The fraction of sp³-hybridized carbons (Fsp3) is 0.375. The van der Waals surface area contributed by atoms with Gasteiger partial charge in [-0.25, -0.2) is 14.4 Å². The molecule has 23 N–H and O–H groups in total. The number of nitrogens with zero attached hydrogens (tertiary/aromatic N) is 2. The monoisotopic (exact) mass is 1150 g/mol. The lowest BCUT2D eigenvalue weighted by Crippen LogP contribution is -2.47. The van der Waals surface area contributed by atoms with Crippen LogP contribution in [0.1, 0.15) is 65.7 Å². The number of ether oxygens (including phenoxy) is 1.